The number of aryl methyl sites for hydroxylation is 2. The third-order valence-corrected chi connectivity index (χ3v) is 6.31. The van der Waals surface area contributed by atoms with Crippen molar-refractivity contribution in [3.8, 4) is 0 Å². The Labute approximate surface area is 196 Å². The van der Waals surface area contributed by atoms with E-state index in [0.29, 0.717) is 5.76 Å². The van der Waals surface area contributed by atoms with Crippen LogP contribution in [0.4, 0.5) is 10.8 Å². The number of Topliss-reactive ketones (excluding diaryl/α,β-unsaturated/α-hetero) is 1. The van der Waals surface area contributed by atoms with Crippen LogP contribution in [0.3, 0.4) is 0 Å². The van der Waals surface area contributed by atoms with Crippen LogP contribution >= 0.6 is 11.3 Å². The molecule has 0 spiro atoms. The lowest BCUT2D eigenvalue weighted by molar-refractivity contribution is -0.384. The quantitative estimate of drug-likeness (QED) is 0.238. The van der Waals surface area contributed by atoms with Crippen LogP contribution in [0.5, 0.6) is 0 Å². The first kappa shape index (κ1) is 22.9. The van der Waals surface area contributed by atoms with Gasteiger partial charge in [0.15, 0.2) is 16.7 Å². The minimum Gasteiger partial charge on any atom is -0.503 e. The smallest absolute Gasteiger partial charge is 0.350 e. The van der Waals surface area contributed by atoms with Crippen LogP contribution in [-0.4, -0.2) is 39.8 Å². The van der Waals surface area contributed by atoms with Crippen LogP contribution in [-0.2, 0) is 9.53 Å². The number of hydrogen-bond acceptors (Lipinski definition) is 10. The molecule has 0 fully saturated rings. The number of esters is 1. The molecular formula is C22H17N3O8S. The summed E-state index contributed by atoms with van der Waals surface area (Å²) in [5, 5.41) is 22.1. The van der Waals surface area contributed by atoms with Crippen molar-refractivity contribution >= 4 is 39.8 Å². The maximum Gasteiger partial charge on any atom is 0.350 e. The van der Waals surface area contributed by atoms with Crippen molar-refractivity contribution < 1.29 is 33.6 Å². The zero-order valence-electron chi connectivity index (χ0n) is 18.1. The molecule has 1 aromatic carbocycles. The van der Waals surface area contributed by atoms with Gasteiger partial charge in [-0.2, -0.15) is 0 Å². The molecule has 0 aliphatic carbocycles. The number of aliphatic hydroxyl groups excluding tert-OH is 1. The van der Waals surface area contributed by atoms with Gasteiger partial charge in [0.05, 0.1) is 29.3 Å². The first-order valence-corrected chi connectivity index (χ1v) is 10.6. The summed E-state index contributed by atoms with van der Waals surface area (Å²) >= 11 is 0.831. The Bertz CT molecular complexity index is 1390. The number of nitrogens with zero attached hydrogens (tertiary/aromatic N) is 3. The number of non-ortho nitro benzene ring substituents is 1. The van der Waals surface area contributed by atoms with Crippen LogP contribution in [0.25, 0.3) is 0 Å². The Morgan fingerprint density at radius 2 is 2.00 bits per heavy atom. The molecule has 34 heavy (non-hydrogen) atoms. The fourth-order valence-corrected chi connectivity index (χ4v) is 4.63. The van der Waals surface area contributed by atoms with Crippen molar-refractivity contribution in [2.24, 2.45) is 0 Å². The number of aliphatic hydroxyl groups is 1. The van der Waals surface area contributed by atoms with Crippen LogP contribution in [0.2, 0.25) is 0 Å². The monoisotopic (exact) mass is 483 g/mol. The Balaban J connectivity index is 1.91. The maximum atomic E-state index is 13.3. The number of thiazole rings is 1. The largest absolute Gasteiger partial charge is 0.503 e. The van der Waals surface area contributed by atoms with Crippen LogP contribution in [0.15, 0.2) is 52.1 Å². The van der Waals surface area contributed by atoms with Crippen molar-refractivity contribution in [3.63, 3.8) is 0 Å². The SMILES string of the molecule is COC(=O)c1sc(N2C(=O)C(O)=C(C(=O)c3ccc(C)o3)[C@H]2c2cccc([N+](=O)[O-])c2)nc1C. The van der Waals surface area contributed by atoms with Crippen molar-refractivity contribution in [3.05, 3.63) is 85.5 Å². The molecule has 3 aromatic rings. The Hall–Kier alpha value is -4.32. The van der Waals surface area contributed by atoms with Gasteiger partial charge in [0.1, 0.15) is 10.6 Å². The van der Waals surface area contributed by atoms with Gasteiger partial charge in [-0.25, -0.2) is 9.78 Å². The number of carbonyl (C=O) groups excluding carboxylic acids is 3. The molecule has 0 saturated carbocycles. The topological polar surface area (TPSA) is 153 Å². The van der Waals surface area contributed by atoms with E-state index in [0.717, 1.165) is 16.2 Å². The summed E-state index contributed by atoms with van der Waals surface area (Å²) in [6, 6.07) is 7.03. The van der Waals surface area contributed by atoms with E-state index in [4.69, 9.17) is 9.15 Å². The lowest BCUT2D eigenvalue weighted by atomic mass is 9.95. The average Bonchev–Trinajstić information content (AvgIpc) is 3.49. The average molecular weight is 483 g/mol. The molecule has 0 saturated heterocycles. The van der Waals surface area contributed by atoms with E-state index in [-0.39, 0.29) is 38.3 Å². The second-order valence-corrected chi connectivity index (χ2v) is 8.31. The van der Waals surface area contributed by atoms with Gasteiger partial charge in [-0.1, -0.05) is 23.5 Å². The summed E-state index contributed by atoms with van der Waals surface area (Å²) in [6.07, 6.45) is 0. The minimum absolute atomic E-state index is 0.00406. The van der Waals surface area contributed by atoms with Crippen LogP contribution < -0.4 is 4.90 Å². The number of nitro benzene ring substituents is 1. The lowest BCUT2D eigenvalue weighted by Gasteiger charge is -2.24. The highest BCUT2D eigenvalue weighted by Crippen LogP contribution is 2.44. The second kappa shape index (κ2) is 8.56. The van der Waals surface area contributed by atoms with Gasteiger partial charge in [-0.05, 0) is 31.5 Å². The van der Waals surface area contributed by atoms with Crippen LogP contribution in [0, 0.1) is 24.0 Å². The molecule has 12 heteroatoms. The molecule has 11 nitrogen and oxygen atoms in total. The Morgan fingerprint density at radius 1 is 1.26 bits per heavy atom. The molecule has 2 aromatic heterocycles. The molecule has 1 aliphatic rings. The van der Waals surface area contributed by atoms with E-state index in [2.05, 4.69) is 4.98 Å². The molecule has 4 rings (SSSR count). The Morgan fingerprint density at radius 3 is 2.62 bits per heavy atom. The standard InChI is InChI=1S/C22H17N3O8S/c1-10-7-8-14(33-10)17(26)15-16(12-5-4-6-13(9-12)25(30)31)24(20(28)18(15)27)22-23-11(2)19(34-22)21(29)32-3/h4-9,16,27H,1-3H3/t16-/m1/s1. The van der Waals surface area contributed by atoms with E-state index >= 15 is 0 Å². The first-order chi connectivity index (χ1) is 16.1. The fraction of sp³-hybridized carbons (Fsp3) is 0.182. The Kier molecular flexibility index (Phi) is 5.75. The molecule has 0 bridgehead atoms. The third kappa shape index (κ3) is 3.73. The lowest BCUT2D eigenvalue weighted by Crippen LogP contribution is -2.31. The van der Waals surface area contributed by atoms with Crippen LogP contribution in [0.1, 0.15) is 43.3 Å². The number of aromatic nitrogens is 1. The predicted molar refractivity (Wildman–Crippen MR) is 119 cm³/mol. The molecular weight excluding hydrogens is 466 g/mol. The summed E-state index contributed by atoms with van der Waals surface area (Å²) in [4.78, 5) is 54.7. The molecule has 1 atom stereocenters. The summed E-state index contributed by atoms with van der Waals surface area (Å²) in [5.41, 5.74) is -0.140. The summed E-state index contributed by atoms with van der Waals surface area (Å²) in [5.74, 6) is -2.90. The molecule has 0 unspecified atom stereocenters. The van der Waals surface area contributed by atoms with E-state index in [1.807, 2.05) is 0 Å². The highest BCUT2D eigenvalue weighted by molar-refractivity contribution is 7.17. The van der Waals surface area contributed by atoms with E-state index in [1.165, 1.54) is 37.4 Å². The molecule has 1 N–H and O–H groups in total. The zero-order chi connectivity index (χ0) is 24.7. The molecule has 1 aliphatic heterocycles. The normalized spacial score (nSPS) is 15.7. The highest BCUT2D eigenvalue weighted by Gasteiger charge is 2.47. The number of amides is 1. The molecule has 0 radical (unpaired) electrons. The predicted octanol–water partition coefficient (Wildman–Crippen LogP) is 3.83. The van der Waals surface area contributed by atoms with Gasteiger partial charge in [0, 0.05) is 12.1 Å². The molecule has 3 heterocycles. The fourth-order valence-electron chi connectivity index (χ4n) is 3.61. The van der Waals surface area contributed by atoms with Gasteiger partial charge < -0.3 is 14.3 Å². The van der Waals surface area contributed by atoms with Crippen molar-refractivity contribution in [1.29, 1.82) is 0 Å². The van der Waals surface area contributed by atoms with Crippen molar-refractivity contribution in [2.75, 3.05) is 12.0 Å². The number of benzene rings is 1. The van der Waals surface area contributed by atoms with Gasteiger partial charge in [-0.3, -0.25) is 24.6 Å². The molecule has 174 valence electrons. The van der Waals surface area contributed by atoms with Gasteiger partial charge in [-0.15, -0.1) is 0 Å². The van der Waals surface area contributed by atoms with Crippen molar-refractivity contribution in [1.82, 2.24) is 4.98 Å². The first-order valence-electron chi connectivity index (χ1n) is 9.82. The number of furan rings is 1. The van der Waals surface area contributed by atoms with E-state index in [9.17, 15) is 29.6 Å². The number of ketones is 1. The highest BCUT2D eigenvalue weighted by atomic mass is 32.1. The maximum absolute atomic E-state index is 13.3. The van der Waals surface area contributed by atoms with Gasteiger partial charge >= 0.3 is 5.97 Å². The van der Waals surface area contributed by atoms with E-state index < -0.39 is 34.4 Å². The van der Waals surface area contributed by atoms with E-state index in [1.54, 1.807) is 19.9 Å². The summed E-state index contributed by atoms with van der Waals surface area (Å²) < 4.78 is 10.1. The van der Waals surface area contributed by atoms with Gasteiger partial charge in [0.2, 0.25) is 5.78 Å². The summed E-state index contributed by atoms with van der Waals surface area (Å²) in [6.45, 7) is 3.17. The third-order valence-electron chi connectivity index (χ3n) is 5.18. The number of nitro groups is 1. The number of ether oxygens (including phenoxy) is 1. The van der Waals surface area contributed by atoms with Crippen molar-refractivity contribution in [2.45, 2.75) is 19.9 Å². The zero-order valence-corrected chi connectivity index (χ0v) is 18.9. The second-order valence-electron chi connectivity index (χ2n) is 7.33. The number of methoxy groups -OCH3 is 1. The summed E-state index contributed by atoms with van der Waals surface area (Å²) in [7, 11) is 1.20. The number of hydrogen-bond donors (Lipinski definition) is 1. The van der Waals surface area contributed by atoms with Gasteiger partial charge in [0.25, 0.3) is 11.6 Å². The number of rotatable bonds is 6. The number of carbonyl (C=O) groups is 3. The number of anilines is 1. The minimum atomic E-state index is -1.26. The molecule has 1 amide bonds.